The van der Waals surface area contributed by atoms with Gasteiger partial charge >= 0.3 is 5.97 Å². The van der Waals surface area contributed by atoms with Gasteiger partial charge in [-0.05, 0) is 19.4 Å². The van der Waals surface area contributed by atoms with Crippen LogP contribution in [0.1, 0.15) is 29.2 Å². The molecule has 0 saturated carbocycles. The molecule has 0 aliphatic carbocycles. The number of carbonyl (C=O) groups excluding carboxylic acids is 1. The van der Waals surface area contributed by atoms with Gasteiger partial charge in [0.1, 0.15) is 0 Å². The summed E-state index contributed by atoms with van der Waals surface area (Å²) in [7, 11) is -2.15. The number of hydrogen-bond acceptors (Lipinski definition) is 5. The molecule has 0 aliphatic rings. The molecule has 20 heavy (non-hydrogen) atoms. The lowest BCUT2D eigenvalue weighted by Gasteiger charge is -2.14. The minimum Gasteiger partial charge on any atom is -0.469 e. The first-order valence-electron chi connectivity index (χ1n) is 6.34. The Labute approximate surface area is 120 Å². The summed E-state index contributed by atoms with van der Waals surface area (Å²) in [5.41, 5.74) is 8.85. The van der Waals surface area contributed by atoms with Crippen LogP contribution in [0.2, 0.25) is 0 Å². The predicted octanol–water partition coefficient (Wildman–Crippen LogP) is 1.28. The molecule has 1 rings (SSSR count). The third-order valence-corrected chi connectivity index (χ3v) is 4.64. The molecular formula is C14H21NO4S. The number of nitrogens with two attached hydrogens (primary N) is 1. The molecule has 0 heterocycles. The Balaban J connectivity index is 2.73. The van der Waals surface area contributed by atoms with E-state index in [0.29, 0.717) is 0 Å². The zero-order valence-corrected chi connectivity index (χ0v) is 12.9. The van der Waals surface area contributed by atoms with Crippen molar-refractivity contribution >= 4 is 15.8 Å². The zero-order valence-electron chi connectivity index (χ0n) is 12.0. The standard InChI is InChI=1S/C14H21NO4S/c1-10-6-11(2)8-12(7-10)13(15)9-20(17,18)5-4-14(16)19-3/h6-8,13H,4-5,9,15H2,1-3H3. The van der Waals surface area contributed by atoms with E-state index in [-0.39, 0.29) is 17.9 Å². The van der Waals surface area contributed by atoms with Gasteiger partial charge in [-0.15, -0.1) is 0 Å². The quantitative estimate of drug-likeness (QED) is 0.800. The number of ether oxygens (including phenoxy) is 1. The summed E-state index contributed by atoms with van der Waals surface area (Å²) in [6, 6.07) is 5.18. The second kappa shape index (κ2) is 6.85. The zero-order chi connectivity index (χ0) is 15.3. The molecule has 0 bridgehead atoms. The van der Waals surface area contributed by atoms with Crippen molar-refractivity contribution in [3.63, 3.8) is 0 Å². The van der Waals surface area contributed by atoms with Gasteiger partial charge < -0.3 is 10.5 Å². The fraction of sp³-hybridized carbons (Fsp3) is 0.500. The molecule has 6 heteroatoms. The van der Waals surface area contributed by atoms with E-state index in [1.807, 2.05) is 32.0 Å². The second-order valence-corrected chi connectivity index (χ2v) is 7.20. The van der Waals surface area contributed by atoms with Gasteiger partial charge in [0.05, 0.1) is 25.0 Å². The topological polar surface area (TPSA) is 86.5 Å². The smallest absolute Gasteiger partial charge is 0.306 e. The first kappa shape index (κ1) is 16.7. The molecule has 1 aromatic rings. The van der Waals surface area contributed by atoms with E-state index in [1.54, 1.807) is 0 Å². The Morgan fingerprint density at radius 1 is 1.25 bits per heavy atom. The summed E-state index contributed by atoms with van der Waals surface area (Å²) in [5, 5.41) is 0. The number of carbonyl (C=O) groups is 1. The first-order valence-corrected chi connectivity index (χ1v) is 8.16. The van der Waals surface area contributed by atoms with Crippen LogP contribution >= 0.6 is 0 Å². The van der Waals surface area contributed by atoms with E-state index in [9.17, 15) is 13.2 Å². The Kier molecular flexibility index (Phi) is 5.71. The lowest BCUT2D eigenvalue weighted by molar-refractivity contribution is -0.140. The summed E-state index contributed by atoms with van der Waals surface area (Å²) in [6.45, 7) is 3.88. The van der Waals surface area contributed by atoms with E-state index in [4.69, 9.17) is 5.73 Å². The highest BCUT2D eigenvalue weighted by Gasteiger charge is 2.19. The lowest BCUT2D eigenvalue weighted by Crippen LogP contribution is -2.25. The number of hydrogen-bond donors (Lipinski definition) is 1. The van der Waals surface area contributed by atoms with Crippen molar-refractivity contribution in [2.45, 2.75) is 26.3 Å². The Morgan fingerprint density at radius 3 is 2.30 bits per heavy atom. The van der Waals surface area contributed by atoms with E-state index in [0.717, 1.165) is 16.7 Å². The van der Waals surface area contributed by atoms with Gasteiger partial charge in [0.25, 0.3) is 0 Å². The van der Waals surface area contributed by atoms with E-state index < -0.39 is 21.8 Å². The van der Waals surface area contributed by atoms with Crippen molar-refractivity contribution in [1.82, 2.24) is 0 Å². The Hall–Kier alpha value is -1.40. The van der Waals surface area contributed by atoms with Crippen LogP contribution in [0.25, 0.3) is 0 Å². The third kappa shape index (κ3) is 5.30. The van der Waals surface area contributed by atoms with Gasteiger partial charge in [0.15, 0.2) is 9.84 Å². The summed E-state index contributed by atoms with van der Waals surface area (Å²) in [4.78, 5) is 11.0. The number of methoxy groups -OCH3 is 1. The molecule has 0 radical (unpaired) electrons. The van der Waals surface area contributed by atoms with Crippen LogP contribution in [0, 0.1) is 13.8 Å². The van der Waals surface area contributed by atoms with Crippen molar-refractivity contribution in [1.29, 1.82) is 0 Å². The van der Waals surface area contributed by atoms with Crippen molar-refractivity contribution < 1.29 is 17.9 Å². The summed E-state index contributed by atoms with van der Waals surface area (Å²) < 4.78 is 28.3. The average Bonchev–Trinajstić information content (AvgIpc) is 2.34. The van der Waals surface area contributed by atoms with E-state index in [2.05, 4.69) is 4.74 Å². The highest BCUT2D eigenvalue weighted by Crippen LogP contribution is 2.17. The van der Waals surface area contributed by atoms with Gasteiger partial charge in [-0.1, -0.05) is 29.3 Å². The van der Waals surface area contributed by atoms with Gasteiger partial charge in [-0.2, -0.15) is 0 Å². The summed E-state index contributed by atoms with van der Waals surface area (Å²) in [6.07, 6.45) is -0.140. The Morgan fingerprint density at radius 2 is 1.80 bits per heavy atom. The van der Waals surface area contributed by atoms with Crippen LogP contribution in [0.15, 0.2) is 18.2 Å². The van der Waals surface area contributed by atoms with Crippen LogP contribution in [0.3, 0.4) is 0 Å². The van der Waals surface area contributed by atoms with Crippen LogP contribution in [0.5, 0.6) is 0 Å². The first-order chi connectivity index (χ1) is 9.23. The molecule has 1 unspecified atom stereocenters. The normalized spacial score (nSPS) is 13.0. The van der Waals surface area contributed by atoms with Crippen LogP contribution in [-0.4, -0.2) is 33.0 Å². The number of aryl methyl sites for hydroxylation is 2. The maximum atomic E-state index is 11.9. The lowest BCUT2D eigenvalue weighted by atomic mass is 10.0. The fourth-order valence-electron chi connectivity index (χ4n) is 2.02. The van der Waals surface area contributed by atoms with Crippen molar-refractivity contribution in [3.8, 4) is 0 Å². The minimum absolute atomic E-state index is 0.140. The fourth-order valence-corrected chi connectivity index (χ4v) is 3.40. The monoisotopic (exact) mass is 299 g/mol. The second-order valence-electron chi connectivity index (χ2n) is 4.97. The van der Waals surface area contributed by atoms with Gasteiger partial charge in [0.2, 0.25) is 0 Å². The largest absolute Gasteiger partial charge is 0.469 e. The number of benzene rings is 1. The van der Waals surface area contributed by atoms with Crippen molar-refractivity contribution in [3.05, 3.63) is 34.9 Å². The molecule has 1 aromatic carbocycles. The SMILES string of the molecule is COC(=O)CCS(=O)(=O)CC(N)c1cc(C)cc(C)c1. The molecule has 0 spiro atoms. The maximum absolute atomic E-state index is 11.9. The average molecular weight is 299 g/mol. The van der Waals surface area contributed by atoms with Crippen LogP contribution in [-0.2, 0) is 19.4 Å². The van der Waals surface area contributed by atoms with Gasteiger partial charge in [-0.25, -0.2) is 8.42 Å². The third-order valence-electron chi connectivity index (χ3n) is 2.95. The van der Waals surface area contributed by atoms with Crippen LogP contribution in [0.4, 0.5) is 0 Å². The molecule has 5 nitrogen and oxygen atoms in total. The van der Waals surface area contributed by atoms with Gasteiger partial charge in [-0.3, -0.25) is 4.79 Å². The van der Waals surface area contributed by atoms with Crippen LogP contribution < -0.4 is 5.73 Å². The number of esters is 1. The molecule has 0 aromatic heterocycles. The molecule has 1 atom stereocenters. The molecule has 112 valence electrons. The highest BCUT2D eigenvalue weighted by molar-refractivity contribution is 7.91. The molecular weight excluding hydrogens is 278 g/mol. The summed E-state index contributed by atoms with van der Waals surface area (Å²) >= 11 is 0. The number of sulfone groups is 1. The molecule has 0 saturated heterocycles. The van der Waals surface area contributed by atoms with E-state index in [1.165, 1.54) is 7.11 Å². The minimum atomic E-state index is -3.39. The maximum Gasteiger partial charge on any atom is 0.306 e. The molecule has 0 fully saturated rings. The molecule has 0 aliphatic heterocycles. The highest BCUT2D eigenvalue weighted by atomic mass is 32.2. The molecule has 0 amide bonds. The Bertz CT molecular complexity index is 561. The van der Waals surface area contributed by atoms with Gasteiger partial charge in [0, 0.05) is 6.04 Å². The number of rotatable bonds is 6. The predicted molar refractivity (Wildman–Crippen MR) is 78.1 cm³/mol. The molecule has 2 N–H and O–H groups in total. The van der Waals surface area contributed by atoms with E-state index >= 15 is 0 Å². The summed E-state index contributed by atoms with van der Waals surface area (Å²) in [5.74, 6) is -0.945. The van der Waals surface area contributed by atoms with Crippen molar-refractivity contribution in [2.75, 3.05) is 18.6 Å². The van der Waals surface area contributed by atoms with Crippen molar-refractivity contribution in [2.24, 2.45) is 5.73 Å².